The van der Waals surface area contributed by atoms with Crippen LogP contribution in [0.1, 0.15) is 93.7 Å². The molecule has 0 N–H and O–H groups in total. The molecular formula is C30H44B2O4. The van der Waals surface area contributed by atoms with Crippen molar-refractivity contribution < 1.29 is 18.6 Å². The van der Waals surface area contributed by atoms with E-state index in [9.17, 15) is 0 Å². The summed E-state index contributed by atoms with van der Waals surface area (Å²) in [6.45, 7) is 23.7. The Morgan fingerprint density at radius 1 is 0.583 bits per heavy atom. The summed E-state index contributed by atoms with van der Waals surface area (Å²) in [4.78, 5) is 0. The second-order valence-electron chi connectivity index (χ2n) is 13.4. The van der Waals surface area contributed by atoms with Gasteiger partial charge in [-0.15, -0.1) is 0 Å². The van der Waals surface area contributed by atoms with Gasteiger partial charge in [-0.05, 0) is 89.8 Å². The summed E-state index contributed by atoms with van der Waals surface area (Å²) in [6, 6.07) is 17.6. The molecule has 194 valence electrons. The van der Waals surface area contributed by atoms with Crippen LogP contribution in [0.3, 0.4) is 0 Å². The van der Waals surface area contributed by atoms with Crippen LogP contribution < -0.4 is 10.9 Å². The minimum atomic E-state index is -0.348. The van der Waals surface area contributed by atoms with Crippen molar-refractivity contribution in [1.29, 1.82) is 0 Å². The van der Waals surface area contributed by atoms with Gasteiger partial charge in [0.05, 0.1) is 22.4 Å². The minimum absolute atomic E-state index is 0.128. The van der Waals surface area contributed by atoms with E-state index in [2.05, 4.69) is 125 Å². The molecule has 0 bridgehead atoms. The topological polar surface area (TPSA) is 36.9 Å². The maximum absolute atomic E-state index is 6.27. The molecule has 0 aromatic heterocycles. The zero-order valence-electron chi connectivity index (χ0n) is 24.2. The van der Waals surface area contributed by atoms with E-state index >= 15 is 0 Å². The molecule has 2 heterocycles. The Balaban J connectivity index is 1.60. The molecule has 4 nitrogen and oxygen atoms in total. The SMILES string of the molecule is CC(C)CC(C)(c1ccc(B2OC(C)(C)C(C)(C)O2)cc1)c1ccc(B2OC(C)(C)C(C)(C)O2)cc1. The molecule has 2 fully saturated rings. The van der Waals surface area contributed by atoms with E-state index in [1.54, 1.807) is 0 Å². The van der Waals surface area contributed by atoms with Crippen molar-refractivity contribution in [1.82, 2.24) is 0 Å². The van der Waals surface area contributed by atoms with Gasteiger partial charge in [0.2, 0.25) is 0 Å². The van der Waals surface area contributed by atoms with Gasteiger partial charge in [-0.2, -0.15) is 0 Å². The first-order valence-corrected chi connectivity index (χ1v) is 13.4. The lowest BCUT2D eigenvalue weighted by atomic mass is 9.68. The molecule has 0 radical (unpaired) electrons. The summed E-state index contributed by atoms with van der Waals surface area (Å²) in [5.74, 6) is 0.542. The second kappa shape index (κ2) is 9.01. The maximum atomic E-state index is 6.27. The molecule has 0 unspecified atom stereocenters. The Bertz CT molecular complexity index is 960. The molecule has 0 atom stereocenters. The first-order valence-electron chi connectivity index (χ1n) is 13.4. The molecule has 2 aromatic rings. The lowest BCUT2D eigenvalue weighted by Gasteiger charge is -2.33. The van der Waals surface area contributed by atoms with Crippen LogP contribution in [0, 0.1) is 5.92 Å². The van der Waals surface area contributed by atoms with Gasteiger partial charge in [0.15, 0.2) is 0 Å². The summed E-state index contributed by atoms with van der Waals surface area (Å²) < 4.78 is 25.1. The highest BCUT2D eigenvalue weighted by atomic mass is 16.7. The Kier molecular flexibility index (Phi) is 6.87. The third-order valence-electron chi connectivity index (χ3n) is 8.96. The Labute approximate surface area is 219 Å². The van der Waals surface area contributed by atoms with E-state index in [1.165, 1.54) is 11.1 Å². The normalized spacial score (nSPS) is 22.4. The molecule has 0 spiro atoms. The largest absolute Gasteiger partial charge is 0.494 e. The molecule has 0 saturated carbocycles. The van der Waals surface area contributed by atoms with Gasteiger partial charge in [0.25, 0.3) is 0 Å². The van der Waals surface area contributed by atoms with Gasteiger partial charge in [-0.3, -0.25) is 0 Å². The number of hydrogen-bond acceptors (Lipinski definition) is 4. The van der Waals surface area contributed by atoms with E-state index in [-0.39, 0.29) is 42.1 Å². The molecule has 2 saturated heterocycles. The lowest BCUT2D eigenvalue weighted by molar-refractivity contribution is 0.00578. The van der Waals surface area contributed by atoms with Crippen molar-refractivity contribution in [2.45, 2.75) is 110 Å². The zero-order valence-corrected chi connectivity index (χ0v) is 24.2. The smallest absolute Gasteiger partial charge is 0.399 e. The predicted octanol–water partition coefficient (Wildman–Crippen LogP) is 5.64. The minimum Gasteiger partial charge on any atom is -0.399 e. The van der Waals surface area contributed by atoms with E-state index in [1.807, 2.05) is 0 Å². The summed E-state index contributed by atoms with van der Waals surface area (Å²) >= 11 is 0. The average molecular weight is 490 g/mol. The first kappa shape index (κ1) is 27.4. The third kappa shape index (κ3) is 4.82. The van der Waals surface area contributed by atoms with Crippen molar-refractivity contribution in [3.63, 3.8) is 0 Å². The lowest BCUT2D eigenvalue weighted by Crippen LogP contribution is -2.41. The van der Waals surface area contributed by atoms with Crippen molar-refractivity contribution in [2.75, 3.05) is 0 Å². The molecular weight excluding hydrogens is 446 g/mol. The summed E-state index contributed by atoms with van der Waals surface area (Å²) in [5.41, 5.74) is 3.18. The van der Waals surface area contributed by atoms with Crippen LogP contribution in [0.5, 0.6) is 0 Å². The first-order chi connectivity index (χ1) is 16.5. The van der Waals surface area contributed by atoms with Crippen molar-refractivity contribution in [3.8, 4) is 0 Å². The maximum Gasteiger partial charge on any atom is 0.494 e. The molecule has 0 aliphatic carbocycles. The van der Waals surface area contributed by atoms with Gasteiger partial charge >= 0.3 is 14.2 Å². The van der Waals surface area contributed by atoms with Gasteiger partial charge in [0.1, 0.15) is 0 Å². The summed E-state index contributed by atoms with van der Waals surface area (Å²) in [6.07, 6.45) is 1.04. The van der Waals surface area contributed by atoms with Crippen molar-refractivity contribution in [2.24, 2.45) is 5.92 Å². The fourth-order valence-electron chi connectivity index (χ4n) is 5.19. The standard InChI is InChI=1S/C30H44B2O4/c1-21(2)20-30(11,22-12-16-24(17-13-22)31-33-26(3,4)27(5,6)34-31)23-14-18-25(19-15-23)32-35-28(7,8)29(9,10)36-32/h12-19,21H,20H2,1-11H3. The molecule has 2 aliphatic heterocycles. The molecule has 36 heavy (non-hydrogen) atoms. The van der Waals surface area contributed by atoms with Crippen LogP contribution in [0.25, 0.3) is 0 Å². The van der Waals surface area contributed by atoms with Crippen LogP contribution in [-0.4, -0.2) is 36.6 Å². The van der Waals surface area contributed by atoms with Crippen LogP contribution in [-0.2, 0) is 24.0 Å². The van der Waals surface area contributed by atoms with E-state index in [4.69, 9.17) is 18.6 Å². The monoisotopic (exact) mass is 490 g/mol. The molecule has 2 aromatic carbocycles. The summed E-state index contributed by atoms with van der Waals surface area (Å²) in [7, 11) is -0.695. The van der Waals surface area contributed by atoms with Gasteiger partial charge in [-0.25, -0.2) is 0 Å². The van der Waals surface area contributed by atoms with Gasteiger partial charge in [0, 0.05) is 5.41 Å². The predicted molar refractivity (Wildman–Crippen MR) is 150 cm³/mol. The molecule has 0 amide bonds. The quantitative estimate of drug-likeness (QED) is 0.492. The zero-order chi connectivity index (χ0) is 26.7. The van der Waals surface area contributed by atoms with E-state index < -0.39 is 0 Å². The third-order valence-corrected chi connectivity index (χ3v) is 8.96. The second-order valence-corrected chi connectivity index (χ2v) is 13.4. The fourth-order valence-corrected chi connectivity index (χ4v) is 5.19. The van der Waals surface area contributed by atoms with E-state index in [0.29, 0.717) is 5.92 Å². The van der Waals surface area contributed by atoms with Crippen LogP contribution >= 0.6 is 0 Å². The highest BCUT2D eigenvalue weighted by Crippen LogP contribution is 2.40. The number of benzene rings is 2. The number of hydrogen-bond donors (Lipinski definition) is 0. The van der Waals surface area contributed by atoms with Crippen molar-refractivity contribution in [3.05, 3.63) is 59.7 Å². The molecule has 6 heteroatoms. The van der Waals surface area contributed by atoms with Crippen LogP contribution in [0.15, 0.2) is 48.5 Å². The van der Waals surface area contributed by atoms with Crippen molar-refractivity contribution >= 4 is 25.2 Å². The molecule has 2 aliphatic rings. The van der Waals surface area contributed by atoms with Gasteiger partial charge < -0.3 is 18.6 Å². The highest BCUT2D eigenvalue weighted by Gasteiger charge is 2.52. The number of rotatable bonds is 6. The van der Waals surface area contributed by atoms with Gasteiger partial charge in [-0.1, -0.05) is 69.3 Å². The fraction of sp³-hybridized carbons (Fsp3) is 0.600. The summed E-state index contributed by atoms with van der Waals surface area (Å²) in [5, 5.41) is 0. The average Bonchev–Trinajstić information content (AvgIpc) is 3.13. The van der Waals surface area contributed by atoms with Crippen LogP contribution in [0.4, 0.5) is 0 Å². The Morgan fingerprint density at radius 2 is 0.861 bits per heavy atom. The Morgan fingerprint density at radius 3 is 1.11 bits per heavy atom. The van der Waals surface area contributed by atoms with E-state index in [0.717, 1.165) is 17.3 Å². The highest BCUT2D eigenvalue weighted by molar-refractivity contribution is 6.62. The molecule has 4 rings (SSSR count). The van der Waals surface area contributed by atoms with Crippen LogP contribution in [0.2, 0.25) is 0 Å². The Hall–Kier alpha value is -1.59.